The third-order valence-electron chi connectivity index (χ3n) is 5.02. The standard InChI is InChI=1S/C15H18ClNO5S/c1-22-11-4-5-12(16)13(7-11)23(20,21)17-8-10-3-2-6-15(10,9-17)14(18)19/h4-5,7,10H,2-3,6,8-9H2,1H3,(H,18,19)/t10-,15+/m0/s1. The van der Waals surface area contributed by atoms with Gasteiger partial charge in [-0.1, -0.05) is 18.0 Å². The summed E-state index contributed by atoms with van der Waals surface area (Å²) in [5.41, 5.74) is -0.960. The molecule has 1 aromatic carbocycles. The maximum Gasteiger partial charge on any atom is 0.311 e. The van der Waals surface area contributed by atoms with Crippen molar-refractivity contribution in [1.29, 1.82) is 0 Å². The van der Waals surface area contributed by atoms with Crippen LogP contribution < -0.4 is 4.74 Å². The number of carboxylic acid groups (broad SMARTS) is 1. The van der Waals surface area contributed by atoms with Crippen LogP contribution in [0.15, 0.2) is 23.1 Å². The quantitative estimate of drug-likeness (QED) is 0.891. The molecule has 0 radical (unpaired) electrons. The Morgan fingerprint density at radius 3 is 2.83 bits per heavy atom. The van der Waals surface area contributed by atoms with Crippen LogP contribution in [0.25, 0.3) is 0 Å². The zero-order valence-corrected chi connectivity index (χ0v) is 14.2. The van der Waals surface area contributed by atoms with Crippen molar-refractivity contribution < 1.29 is 23.1 Å². The Labute approximate surface area is 140 Å². The second kappa shape index (κ2) is 5.65. The molecule has 1 N–H and O–H groups in total. The van der Waals surface area contributed by atoms with Crippen LogP contribution in [0.5, 0.6) is 5.75 Å². The van der Waals surface area contributed by atoms with Crippen LogP contribution in [0.3, 0.4) is 0 Å². The Morgan fingerprint density at radius 1 is 1.48 bits per heavy atom. The van der Waals surface area contributed by atoms with Gasteiger partial charge in [0.05, 0.1) is 17.5 Å². The second-order valence-corrected chi connectivity index (χ2v) is 8.46. The molecule has 1 aliphatic carbocycles. The lowest BCUT2D eigenvalue weighted by atomic mass is 9.81. The van der Waals surface area contributed by atoms with Gasteiger partial charge in [0, 0.05) is 19.2 Å². The molecule has 23 heavy (non-hydrogen) atoms. The first kappa shape index (κ1) is 16.5. The minimum Gasteiger partial charge on any atom is -0.497 e. The Balaban J connectivity index is 1.98. The summed E-state index contributed by atoms with van der Waals surface area (Å²) in [4.78, 5) is 11.7. The molecule has 6 nitrogen and oxygen atoms in total. The zero-order chi connectivity index (χ0) is 16.8. The maximum atomic E-state index is 12.9. The summed E-state index contributed by atoms with van der Waals surface area (Å²) < 4.78 is 32.1. The zero-order valence-electron chi connectivity index (χ0n) is 12.7. The molecular formula is C15H18ClNO5S. The first-order valence-corrected chi connectivity index (χ1v) is 9.20. The van der Waals surface area contributed by atoms with Gasteiger partial charge in [-0.2, -0.15) is 4.31 Å². The smallest absolute Gasteiger partial charge is 0.311 e. The third kappa shape index (κ3) is 2.51. The van der Waals surface area contributed by atoms with Crippen LogP contribution in [0.1, 0.15) is 19.3 Å². The van der Waals surface area contributed by atoms with Gasteiger partial charge < -0.3 is 9.84 Å². The molecule has 0 spiro atoms. The van der Waals surface area contributed by atoms with E-state index >= 15 is 0 Å². The Kier molecular flexibility index (Phi) is 4.06. The number of aliphatic carboxylic acids is 1. The number of hydrogen-bond donors (Lipinski definition) is 1. The van der Waals surface area contributed by atoms with Crippen molar-refractivity contribution in [2.45, 2.75) is 24.2 Å². The van der Waals surface area contributed by atoms with Crippen molar-refractivity contribution in [3.8, 4) is 5.75 Å². The van der Waals surface area contributed by atoms with Crippen LogP contribution in [0.2, 0.25) is 5.02 Å². The van der Waals surface area contributed by atoms with Gasteiger partial charge in [0.15, 0.2) is 0 Å². The van der Waals surface area contributed by atoms with E-state index < -0.39 is 21.4 Å². The highest BCUT2D eigenvalue weighted by Crippen LogP contribution is 2.50. The minimum absolute atomic E-state index is 0.00285. The minimum atomic E-state index is -3.86. The molecule has 1 aliphatic heterocycles. The number of halogens is 1. The summed E-state index contributed by atoms with van der Waals surface area (Å²) in [5, 5.41) is 9.70. The Morgan fingerprint density at radius 2 is 2.22 bits per heavy atom. The first-order chi connectivity index (χ1) is 10.8. The summed E-state index contributed by atoms with van der Waals surface area (Å²) in [6, 6.07) is 4.43. The normalized spacial score (nSPS) is 27.8. The highest BCUT2D eigenvalue weighted by molar-refractivity contribution is 7.89. The average Bonchev–Trinajstić information content (AvgIpc) is 3.05. The highest BCUT2D eigenvalue weighted by atomic mass is 35.5. The van der Waals surface area contributed by atoms with Crippen molar-refractivity contribution in [2.24, 2.45) is 11.3 Å². The summed E-state index contributed by atoms with van der Waals surface area (Å²) in [6.07, 6.45) is 2.08. The highest BCUT2D eigenvalue weighted by Gasteiger charge is 2.57. The molecule has 2 fully saturated rings. The van der Waals surface area contributed by atoms with E-state index in [2.05, 4.69) is 0 Å². The van der Waals surface area contributed by atoms with Gasteiger partial charge >= 0.3 is 5.97 Å². The number of nitrogens with zero attached hydrogens (tertiary/aromatic N) is 1. The number of methoxy groups -OCH3 is 1. The average molecular weight is 360 g/mol. The van der Waals surface area contributed by atoms with E-state index in [1.54, 1.807) is 6.07 Å². The molecule has 1 saturated heterocycles. The van der Waals surface area contributed by atoms with E-state index in [-0.39, 0.29) is 28.9 Å². The van der Waals surface area contributed by atoms with Gasteiger partial charge in [-0.25, -0.2) is 8.42 Å². The molecule has 0 bridgehead atoms. The van der Waals surface area contributed by atoms with Gasteiger partial charge in [-0.05, 0) is 30.9 Å². The summed E-state index contributed by atoms with van der Waals surface area (Å²) in [7, 11) is -2.41. The maximum absolute atomic E-state index is 12.9. The van der Waals surface area contributed by atoms with Gasteiger partial charge in [0.25, 0.3) is 0 Å². The van der Waals surface area contributed by atoms with E-state index in [1.807, 2.05) is 0 Å². The lowest BCUT2D eigenvalue weighted by Crippen LogP contribution is -2.37. The Hall–Kier alpha value is -1.31. The van der Waals surface area contributed by atoms with Crippen LogP contribution in [0, 0.1) is 11.3 Å². The number of rotatable bonds is 4. The monoisotopic (exact) mass is 359 g/mol. The van der Waals surface area contributed by atoms with Crippen molar-refractivity contribution in [1.82, 2.24) is 4.31 Å². The third-order valence-corrected chi connectivity index (χ3v) is 7.31. The molecule has 1 heterocycles. The summed E-state index contributed by atoms with van der Waals surface area (Å²) >= 11 is 6.06. The first-order valence-electron chi connectivity index (χ1n) is 7.38. The van der Waals surface area contributed by atoms with E-state index in [0.29, 0.717) is 12.2 Å². The molecule has 0 amide bonds. The van der Waals surface area contributed by atoms with Crippen molar-refractivity contribution in [3.63, 3.8) is 0 Å². The van der Waals surface area contributed by atoms with Gasteiger partial charge in [0.1, 0.15) is 10.6 Å². The lowest BCUT2D eigenvalue weighted by molar-refractivity contribution is -0.149. The number of fused-ring (bicyclic) bond motifs is 1. The molecule has 0 aromatic heterocycles. The van der Waals surface area contributed by atoms with Crippen LogP contribution in [0.4, 0.5) is 0 Å². The number of hydrogen-bond acceptors (Lipinski definition) is 4. The molecule has 8 heteroatoms. The topological polar surface area (TPSA) is 83.9 Å². The number of carbonyl (C=O) groups is 1. The number of sulfonamides is 1. The largest absolute Gasteiger partial charge is 0.497 e. The molecule has 3 rings (SSSR count). The molecule has 1 aromatic rings. The van der Waals surface area contributed by atoms with Crippen LogP contribution >= 0.6 is 11.6 Å². The fourth-order valence-corrected chi connectivity index (χ4v) is 5.77. The summed E-state index contributed by atoms with van der Waals surface area (Å²) in [6.45, 7) is 0.227. The Bertz CT molecular complexity index is 750. The molecule has 1 saturated carbocycles. The predicted molar refractivity (Wildman–Crippen MR) is 84.2 cm³/mol. The number of ether oxygens (including phenoxy) is 1. The van der Waals surface area contributed by atoms with Crippen molar-refractivity contribution >= 4 is 27.6 Å². The predicted octanol–water partition coefficient (Wildman–Crippen LogP) is 2.22. The van der Waals surface area contributed by atoms with Crippen molar-refractivity contribution in [2.75, 3.05) is 20.2 Å². The fraction of sp³-hybridized carbons (Fsp3) is 0.533. The van der Waals surface area contributed by atoms with E-state index in [4.69, 9.17) is 16.3 Å². The van der Waals surface area contributed by atoms with Gasteiger partial charge in [0.2, 0.25) is 10.0 Å². The lowest BCUT2D eigenvalue weighted by Gasteiger charge is -2.23. The van der Waals surface area contributed by atoms with Gasteiger partial charge in [-0.3, -0.25) is 4.79 Å². The number of carboxylic acids is 1. The fourth-order valence-electron chi connectivity index (χ4n) is 3.72. The van der Waals surface area contributed by atoms with E-state index in [1.165, 1.54) is 23.5 Å². The van der Waals surface area contributed by atoms with Crippen LogP contribution in [-0.4, -0.2) is 44.0 Å². The van der Waals surface area contributed by atoms with E-state index in [0.717, 1.165) is 12.8 Å². The molecular weight excluding hydrogens is 342 g/mol. The SMILES string of the molecule is COc1ccc(Cl)c(S(=O)(=O)N2C[C@@H]3CCC[C@@]3(C(=O)O)C2)c1. The van der Waals surface area contributed by atoms with E-state index in [9.17, 15) is 18.3 Å². The molecule has 0 unspecified atom stereocenters. The van der Waals surface area contributed by atoms with Crippen LogP contribution in [-0.2, 0) is 14.8 Å². The molecule has 2 atom stereocenters. The molecule has 2 aliphatic rings. The number of benzene rings is 1. The summed E-state index contributed by atoms with van der Waals surface area (Å²) in [5.74, 6) is -0.658. The van der Waals surface area contributed by atoms with Crippen molar-refractivity contribution in [3.05, 3.63) is 23.2 Å². The van der Waals surface area contributed by atoms with Gasteiger partial charge in [-0.15, -0.1) is 0 Å². The second-order valence-electron chi connectivity index (χ2n) is 6.14. The molecule has 126 valence electrons.